The first kappa shape index (κ1) is 20.1. The Morgan fingerprint density at radius 1 is 1.15 bits per heavy atom. The molecule has 10 nitrogen and oxygen atoms in total. The van der Waals surface area contributed by atoms with Gasteiger partial charge in [-0.3, -0.25) is 30.4 Å². The van der Waals surface area contributed by atoms with Gasteiger partial charge in [0.25, 0.3) is 0 Å². The maximum atomic E-state index is 12.9. The quantitative estimate of drug-likeness (QED) is 0.622. The van der Waals surface area contributed by atoms with Crippen molar-refractivity contribution in [1.29, 1.82) is 0 Å². The fourth-order valence-corrected chi connectivity index (χ4v) is 2.50. The van der Waals surface area contributed by atoms with Gasteiger partial charge in [-0.05, 0) is 0 Å². The van der Waals surface area contributed by atoms with E-state index in [1.54, 1.807) is 4.90 Å². The molecule has 1 aromatic rings. The van der Waals surface area contributed by atoms with E-state index in [4.69, 9.17) is 0 Å². The highest BCUT2D eigenvalue weighted by Crippen LogP contribution is 2.41. The van der Waals surface area contributed by atoms with Crippen LogP contribution >= 0.6 is 0 Å². The zero-order valence-corrected chi connectivity index (χ0v) is 13.9. The van der Waals surface area contributed by atoms with Crippen molar-refractivity contribution < 1.29 is 27.8 Å². The summed E-state index contributed by atoms with van der Waals surface area (Å²) in [4.78, 5) is 32.8. The van der Waals surface area contributed by atoms with Gasteiger partial charge in [-0.25, -0.2) is 0 Å². The number of nitro benzene ring substituents is 2. The van der Waals surface area contributed by atoms with Crippen LogP contribution in [0.4, 0.5) is 30.2 Å². The van der Waals surface area contributed by atoms with Crippen LogP contribution in [0.25, 0.3) is 0 Å². The van der Waals surface area contributed by atoms with Crippen molar-refractivity contribution in [1.82, 2.24) is 4.90 Å². The molecule has 2 rings (SSSR count). The van der Waals surface area contributed by atoms with Crippen molar-refractivity contribution in [2.75, 3.05) is 18.5 Å². The van der Waals surface area contributed by atoms with E-state index in [0.29, 0.717) is 31.6 Å². The molecule has 0 radical (unpaired) electrons. The first-order valence-corrected chi connectivity index (χ1v) is 7.61. The van der Waals surface area contributed by atoms with Crippen molar-refractivity contribution in [2.45, 2.75) is 25.9 Å². The number of nitrogens with zero attached hydrogens (tertiary/aromatic N) is 4. The van der Waals surface area contributed by atoms with Gasteiger partial charge in [-0.15, -0.1) is 0 Å². The predicted molar refractivity (Wildman–Crippen MR) is 87.3 cm³/mol. The van der Waals surface area contributed by atoms with E-state index in [2.05, 4.69) is 10.5 Å². The summed E-state index contributed by atoms with van der Waals surface area (Å²) >= 11 is 0. The number of carbonyl (C=O) groups excluding carboxylic acids is 1. The minimum atomic E-state index is -4.99. The van der Waals surface area contributed by atoms with E-state index in [9.17, 15) is 38.2 Å². The molecule has 1 saturated heterocycles. The lowest BCUT2D eigenvalue weighted by Crippen LogP contribution is -2.37. The summed E-state index contributed by atoms with van der Waals surface area (Å²) in [5.74, 6) is -0.129. The van der Waals surface area contributed by atoms with E-state index in [0.717, 1.165) is 0 Å². The van der Waals surface area contributed by atoms with Crippen LogP contribution in [0.3, 0.4) is 0 Å². The van der Waals surface area contributed by atoms with Crippen molar-refractivity contribution in [3.8, 4) is 0 Å². The summed E-state index contributed by atoms with van der Waals surface area (Å²) in [7, 11) is 0. The first-order valence-electron chi connectivity index (χ1n) is 7.61. The molecule has 0 atom stereocenters. The van der Waals surface area contributed by atoms with Crippen LogP contribution in [0.15, 0.2) is 17.2 Å². The number of halogens is 3. The van der Waals surface area contributed by atoms with Gasteiger partial charge < -0.3 is 4.90 Å². The summed E-state index contributed by atoms with van der Waals surface area (Å²) < 4.78 is 38.6. The Balaban J connectivity index is 2.38. The van der Waals surface area contributed by atoms with E-state index in [1.165, 1.54) is 6.92 Å². The Hall–Kier alpha value is -3.25. The molecule has 1 aliphatic heterocycles. The fraction of sp³-hybridized carbons (Fsp3) is 0.429. The van der Waals surface area contributed by atoms with Gasteiger partial charge in [0, 0.05) is 50.7 Å². The van der Waals surface area contributed by atoms with Gasteiger partial charge in [0.15, 0.2) is 0 Å². The lowest BCUT2D eigenvalue weighted by molar-refractivity contribution is -0.392. The highest BCUT2D eigenvalue weighted by molar-refractivity contribution is 5.88. The minimum Gasteiger partial charge on any atom is -0.342 e. The number of hydrogen-bond acceptors (Lipinski definition) is 7. The van der Waals surface area contributed by atoms with Crippen LogP contribution in [0.1, 0.15) is 25.3 Å². The average molecular weight is 389 g/mol. The maximum absolute atomic E-state index is 12.9. The number of amides is 1. The Labute approximate surface area is 149 Å². The first-order chi connectivity index (χ1) is 12.5. The monoisotopic (exact) mass is 389 g/mol. The number of nitrogens with one attached hydrogen (secondary N) is 1. The summed E-state index contributed by atoms with van der Waals surface area (Å²) in [6, 6.07) is 0.432. The molecule has 1 heterocycles. The Morgan fingerprint density at radius 2 is 1.63 bits per heavy atom. The topological polar surface area (TPSA) is 131 Å². The molecule has 27 heavy (non-hydrogen) atoms. The Bertz CT molecular complexity index is 779. The third-order valence-electron chi connectivity index (χ3n) is 3.93. The molecule has 0 aromatic heterocycles. The lowest BCUT2D eigenvalue weighted by atomic mass is 10.1. The normalized spacial score (nSPS) is 14.7. The smallest absolute Gasteiger partial charge is 0.342 e. The molecule has 1 aliphatic rings. The van der Waals surface area contributed by atoms with Crippen LogP contribution < -0.4 is 5.43 Å². The van der Waals surface area contributed by atoms with E-state index >= 15 is 0 Å². The predicted octanol–water partition coefficient (Wildman–Crippen LogP) is 2.93. The molecule has 1 aromatic carbocycles. The second-order valence-corrected chi connectivity index (χ2v) is 5.70. The third-order valence-corrected chi connectivity index (χ3v) is 3.93. The summed E-state index contributed by atoms with van der Waals surface area (Å²) in [6.07, 6.45) is -4.33. The molecule has 1 N–H and O–H groups in total. The number of carbonyl (C=O) groups is 1. The van der Waals surface area contributed by atoms with Gasteiger partial charge in [-0.1, -0.05) is 0 Å². The molecule has 0 aliphatic carbocycles. The second kappa shape index (κ2) is 7.55. The standard InChI is InChI=1S/C14H14F3N5O5/c1-8(23)20-4-2-10(3-5-20)18-19-13-11(21(24)25)6-9(14(15,16)17)7-12(13)22(26)27/h6-7,19H,2-5H2,1H3. The number of piperidine rings is 1. The zero-order chi connectivity index (χ0) is 20.4. The number of likely N-dealkylation sites (tertiary alicyclic amines) is 1. The molecule has 0 bridgehead atoms. The highest BCUT2D eigenvalue weighted by atomic mass is 19.4. The van der Waals surface area contributed by atoms with Crippen LogP contribution in [0.5, 0.6) is 0 Å². The number of rotatable bonds is 4. The molecular weight excluding hydrogens is 375 g/mol. The Kier molecular flexibility index (Phi) is 5.61. The van der Waals surface area contributed by atoms with Gasteiger partial charge in [0.2, 0.25) is 11.6 Å². The summed E-state index contributed by atoms with van der Waals surface area (Å²) in [6.45, 7) is 2.11. The van der Waals surface area contributed by atoms with Crippen LogP contribution in [-0.2, 0) is 11.0 Å². The molecule has 1 amide bonds. The Morgan fingerprint density at radius 3 is 2.00 bits per heavy atom. The summed E-state index contributed by atoms with van der Waals surface area (Å²) in [5, 5.41) is 26.1. The van der Waals surface area contributed by atoms with E-state index in [-0.39, 0.29) is 18.0 Å². The van der Waals surface area contributed by atoms with Crippen molar-refractivity contribution in [3.63, 3.8) is 0 Å². The third kappa shape index (κ3) is 4.68. The van der Waals surface area contributed by atoms with E-state index < -0.39 is 38.6 Å². The van der Waals surface area contributed by atoms with Crippen molar-refractivity contribution >= 4 is 28.7 Å². The molecule has 146 valence electrons. The van der Waals surface area contributed by atoms with Crippen molar-refractivity contribution in [3.05, 3.63) is 37.9 Å². The second-order valence-electron chi connectivity index (χ2n) is 5.70. The highest BCUT2D eigenvalue weighted by Gasteiger charge is 2.37. The minimum absolute atomic E-state index is 0.129. The maximum Gasteiger partial charge on any atom is 0.416 e. The largest absolute Gasteiger partial charge is 0.416 e. The van der Waals surface area contributed by atoms with Crippen LogP contribution in [0.2, 0.25) is 0 Å². The van der Waals surface area contributed by atoms with Gasteiger partial charge >= 0.3 is 17.6 Å². The lowest BCUT2D eigenvalue weighted by Gasteiger charge is -2.26. The molecule has 0 saturated carbocycles. The van der Waals surface area contributed by atoms with Gasteiger partial charge in [0.1, 0.15) is 0 Å². The SMILES string of the molecule is CC(=O)N1CCC(=NNc2c([N+](=O)[O-])cc(C(F)(F)F)cc2[N+](=O)[O-])CC1. The van der Waals surface area contributed by atoms with Gasteiger partial charge in [0.05, 0.1) is 15.4 Å². The van der Waals surface area contributed by atoms with E-state index in [1.807, 2.05) is 0 Å². The van der Waals surface area contributed by atoms with Crippen molar-refractivity contribution in [2.24, 2.45) is 5.10 Å². The van der Waals surface area contributed by atoms with Crippen LogP contribution in [-0.4, -0.2) is 39.5 Å². The molecule has 0 unspecified atom stereocenters. The number of nitro groups is 2. The molecular formula is C14H14F3N5O5. The average Bonchev–Trinajstić information content (AvgIpc) is 2.58. The number of alkyl halides is 3. The number of anilines is 1. The zero-order valence-electron chi connectivity index (χ0n) is 13.9. The van der Waals surface area contributed by atoms with Crippen LogP contribution in [0, 0.1) is 20.2 Å². The number of hydrazone groups is 1. The molecule has 0 spiro atoms. The molecule has 13 heteroatoms. The number of benzene rings is 1. The number of hydrogen-bond donors (Lipinski definition) is 1. The fourth-order valence-electron chi connectivity index (χ4n) is 2.50. The molecule has 1 fully saturated rings. The van der Waals surface area contributed by atoms with Gasteiger partial charge in [-0.2, -0.15) is 18.3 Å². The summed E-state index contributed by atoms with van der Waals surface area (Å²) in [5.41, 5.74) is -1.81.